The topological polar surface area (TPSA) is 84.9 Å². The number of amides is 1. The fourth-order valence-corrected chi connectivity index (χ4v) is 2.72. The van der Waals surface area contributed by atoms with E-state index in [1.54, 1.807) is 31.4 Å². The van der Waals surface area contributed by atoms with Crippen LogP contribution in [0, 0.1) is 0 Å². The molecule has 2 rings (SSSR count). The van der Waals surface area contributed by atoms with Crippen LogP contribution in [0.5, 0.6) is 5.75 Å². The van der Waals surface area contributed by atoms with E-state index in [-0.39, 0.29) is 30.8 Å². The smallest absolute Gasteiger partial charge is 0.303 e. The van der Waals surface area contributed by atoms with Gasteiger partial charge in [-0.15, -0.1) is 0 Å². The number of carbonyl (C=O) groups is 2. The molecule has 0 radical (unpaired) electrons. The summed E-state index contributed by atoms with van der Waals surface area (Å²) < 4.78 is 10.6. The molecule has 0 bridgehead atoms. The monoisotopic (exact) mass is 321 g/mol. The van der Waals surface area contributed by atoms with Crippen molar-refractivity contribution in [3.05, 3.63) is 29.8 Å². The minimum absolute atomic E-state index is 0.0814. The van der Waals surface area contributed by atoms with Crippen LogP contribution in [-0.2, 0) is 14.3 Å². The number of carboxylic acid groups (broad SMARTS) is 1. The van der Waals surface area contributed by atoms with E-state index in [0.717, 1.165) is 25.0 Å². The van der Waals surface area contributed by atoms with Gasteiger partial charge in [0.1, 0.15) is 5.75 Å². The van der Waals surface area contributed by atoms with E-state index in [1.165, 1.54) is 0 Å². The number of ether oxygens (including phenoxy) is 2. The fraction of sp³-hybridized carbons (Fsp3) is 0.529. The van der Waals surface area contributed by atoms with Crippen molar-refractivity contribution in [2.24, 2.45) is 0 Å². The molecule has 1 amide bonds. The van der Waals surface area contributed by atoms with Crippen molar-refractivity contribution in [3.8, 4) is 5.75 Å². The minimum atomic E-state index is -0.919. The van der Waals surface area contributed by atoms with Gasteiger partial charge in [-0.05, 0) is 30.5 Å². The van der Waals surface area contributed by atoms with E-state index >= 15 is 0 Å². The first-order valence-electron chi connectivity index (χ1n) is 7.82. The van der Waals surface area contributed by atoms with Crippen LogP contribution >= 0.6 is 0 Å². The molecule has 1 saturated heterocycles. The third-order valence-corrected chi connectivity index (χ3v) is 3.99. The zero-order valence-electron chi connectivity index (χ0n) is 13.3. The van der Waals surface area contributed by atoms with Crippen LogP contribution in [0.2, 0.25) is 0 Å². The Kier molecular flexibility index (Phi) is 6.40. The van der Waals surface area contributed by atoms with Gasteiger partial charge in [-0.1, -0.05) is 12.1 Å². The third-order valence-electron chi connectivity index (χ3n) is 3.99. The van der Waals surface area contributed by atoms with Crippen LogP contribution in [0.3, 0.4) is 0 Å². The van der Waals surface area contributed by atoms with E-state index in [4.69, 9.17) is 14.6 Å². The maximum atomic E-state index is 12.1. The Hall–Kier alpha value is -2.08. The molecule has 2 atom stereocenters. The number of carboxylic acids is 1. The lowest BCUT2D eigenvalue weighted by molar-refractivity contribution is -0.137. The maximum Gasteiger partial charge on any atom is 0.303 e. The Bertz CT molecular complexity index is 522. The highest BCUT2D eigenvalue weighted by Crippen LogP contribution is 2.25. The largest absolute Gasteiger partial charge is 0.497 e. The first kappa shape index (κ1) is 17.3. The summed E-state index contributed by atoms with van der Waals surface area (Å²) in [5, 5.41) is 11.9. The molecule has 2 unspecified atom stereocenters. The molecule has 6 nitrogen and oxygen atoms in total. The lowest BCUT2D eigenvalue weighted by Gasteiger charge is -2.17. The van der Waals surface area contributed by atoms with E-state index in [0.29, 0.717) is 12.3 Å². The molecule has 1 aliphatic rings. The summed E-state index contributed by atoms with van der Waals surface area (Å²) in [6.07, 6.45) is 2.12. The van der Waals surface area contributed by atoms with Crippen LogP contribution in [0.15, 0.2) is 24.3 Å². The zero-order chi connectivity index (χ0) is 16.7. The minimum Gasteiger partial charge on any atom is -0.497 e. The van der Waals surface area contributed by atoms with Crippen molar-refractivity contribution in [2.45, 2.75) is 37.7 Å². The van der Waals surface area contributed by atoms with E-state index < -0.39 is 5.97 Å². The summed E-state index contributed by atoms with van der Waals surface area (Å²) >= 11 is 0. The van der Waals surface area contributed by atoms with Crippen molar-refractivity contribution in [3.63, 3.8) is 0 Å². The number of carbonyl (C=O) groups excluding carboxylic acids is 1. The Morgan fingerprint density at radius 2 is 2.09 bits per heavy atom. The molecular formula is C17H23NO5. The second-order valence-electron chi connectivity index (χ2n) is 5.71. The number of hydrogen-bond donors (Lipinski definition) is 2. The molecule has 1 aromatic carbocycles. The Morgan fingerprint density at radius 3 is 2.65 bits per heavy atom. The van der Waals surface area contributed by atoms with Crippen LogP contribution in [0.1, 0.15) is 37.2 Å². The van der Waals surface area contributed by atoms with Crippen molar-refractivity contribution in [2.75, 3.05) is 20.3 Å². The summed E-state index contributed by atoms with van der Waals surface area (Å²) in [5.41, 5.74) is 0.820. The molecule has 1 fully saturated rings. The zero-order valence-corrected chi connectivity index (χ0v) is 13.3. The van der Waals surface area contributed by atoms with Crippen molar-refractivity contribution < 1.29 is 24.2 Å². The van der Waals surface area contributed by atoms with Crippen LogP contribution < -0.4 is 10.1 Å². The second-order valence-corrected chi connectivity index (χ2v) is 5.71. The first-order chi connectivity index (χ1) is 11.1. The van der Waals surface area contributed by atoms with Gasteiger partial charge < -0.3 is 19.9 Å². The summed E-state index contributed by atoms with van der Waals surface area (Å²) in [4.78, 5) is 23.2. The molecule has 6 heteroatoms. The third kappa shape index (κ3) is 5.56. The van der Waals surface area contributed by atoms with Gasteiger partial charge in [0.2, 0.25) is 5.91 Å². The molecule has 2 N–H and O–H groups in total. The summed E-state index contributed by atoms with van der Waals surface area (Å²) in [7, 11) is 1.57. The second kappa shape index (κ2) is 8.53. The molecule has 126 valence electrons. The van der Waals surface area contributed by atoms with Crippen LogP contribution in [-0.4, -0.2) is 43.3 Å². The Balaban J connectivity index is 1.93. The fourth-order valence-electron chi connectivity index (χ4n) is 2.72. The van der Waals surface area contributed by atoms with E-state index in [1.807, 2.05) is 0 Å². The molecule has 0 aliphatic carbocycles. The number of nitrogens with one attached hydrogen (secondary N) is 1. The maximum absolute atomic E-state index is 12.1. The predicted octanol–water partition coefficient (Wildman–Crippen LogP) is 1.94. The highest BCUT2D eigenvalue weighted by molar-refractivity contribution is 5.78. The highest BCUT2D eigenvalue weighted by Gasteiger charge is 2.21. The average Bonchev–Trinajstić information content (AvgIpc) is 3.05. The van der Waals surface area contributed by atoms with E-state index in [2.05, 4.69) is 5.32 Å². The summed E-state index contributed by atoms with van der Waals surface area (Å²) in [5.74, 6) is -0.728. The summed E-state index contributed by atoms with van der Waals surface area (Å²) in [6.45, 7) is 1.23. The normalized spacial score (nSPS) is 18.4. The Labute approximate surface area is 135 Å². The lowest BCUT2D eigenvalue weighted by atomic mass is 9.92. The molecule has 0 saturated carbocycles. The molecule has 1 aromatic rings. The van der Waals surface area contributed by atoms with Crippen molar-refractivity contribution in [1.82, 2.24) is 5.32 Å². The first-order valence-corrected chi connectivity index (χ1v) is 7.82. The quantitative estimate of drug-likeness (QED) is 0.764. The van der Waals surface area contributed by atoms with Gasteiger partial charge in [-0.3, -0.25) is 9.59 Å². The van der Waals surface area contributed by atoms with Gasteiger partial charge in [0.05, 0.1) is 19.6 Å². The lowest BCUT2D eigenvalue weighted by Crippen LogP contribution is -2.32. The SMILES string of the molecule is COc1ccc(C(CC(=O)O)CC(=O)NCC2CCCO2)cc1. The van der Waals surface area contributed by atoms with Crippen LogP contribution in [0.25, 0.3) is 0 Å². The van der Waals surface area contributed by atoms with Crippen molar-refractivity contribution in [1.29, 1.82) is 0 Å². The number of benzene rings is 1. The Morgan fingerprint density at radius 1 is 1.35 bits per heavy atom. The summed E-state index contributed by atoms with van der Waals surface area (Å²) in [6, 6.07) is 7.16. The van der Waals surface area contributed by atoms with Gasteiger partial charge in [0, 0.05) is 25.5 Å². The van der Waals surface area contributed by atoms with Gasteiger partial charge in [0.15, 0.2) is 0 Å². The molecule has 0 aromatic heterocycles. The predicted molar refractivity (Wildman–Crippen MR) is 84.6 cm³/mol. The van der Waals surface area contributed by atoms with Gasteiger partial charge in [0.25, 0.3) is 0 Å². The van der Waals surface area contributed by atoms with Gasteiger partial charge in [-0.2, -0.15) is 0 Å². The number of hydrogen-bond acceptors (Lipinski definition) is 4. The van der Waals surface area contributed by atoms with Gasteiger partial charge >= 0.3 is 5.97 Å². The van der Waals surface area contributed by atoms with E-state index in [9.17, 15) is 9.59 Å². The van der Waals surface area contributed by atoms with Crippen molar-refractivity contribution >= 4 is 11.9 Å². The standard InChI is InChI=1S/C17H23NO5/c1-22-14-6-4-12(5-7-14)13(10-17(20)21)9-16(19)18-11-15-3-2-8-23-15/h4-7,13,15H,2-3,8-11H2,1H3,(H,18,19)(H,20,21). The number of methoxy groups -OCH3 is 1. The molecular weight excluding hydrogens is 298 g/mol. The van der Waals surface area contributed by atoms with Crippen LogP contribution in [0.4, 0.5) is 0 Å². The molecule has 23 heavy (non-hydrogen) atoms. The molecule has 1 heterocycles. The number of aliphatic carboxylic acids is 1. The number of rotatable bonds is 8. The molecule has 0 spiro atoms. The average molecular weight is 321 g/mol. The van der Waals surface area contributed by atoms with Gasteiger partial charge in [-0.25, -0.2) is 0 Å². The highest BCUT2D eigenvalue weighted by atomic mass is 16.5. The molecule has 1 aliphatic heterocycles.